The van der Waals surface area contributed by atoms with Crippen molar-refractivity contribution in [1.29, 1.82) is 0 Å². The minimum Gasteiger partial charge on any atom is -0.369 e. The summed E-state index contributed by atoms with van der Waals surface area (Å²) in [6.07, 6.45) is 8.80. The van der Waals surface area contributed by atoms with Crippen LogP contribution in [0.4, 0.5) is 17.1 Å². The van der Waals surface area contributed by atoms with Gasteiger partial charge in [0.05, 0.1) is 17.2 Å². The highest BCUT2D eigenvalue weighted by Gasteiger charge is 2.43. The smallest absolute Gasteiger partial charge is 0.287 e. The lowest BCUT2D eigenvalue weighted by molar-refractivity contribution is 0.313. The van der Waals surface area contributed by atoms with Gasteiger partial charge in [-0.25, -0.2) is 0 Å². The molecule has 1 atom stereocenters. The highest BCUT2D eigenvalue weighted by molar-refractivity contribution is 6.38. The first-order valence-corrected chi connectivity index (χ1v) is 11.0. The molecule has 4 heterocycles. The van der Waals surface area contributed by atoms with Crippen LogP contribution in [0.2, 0.25) is 0 Å². The summed E-state index contributed by atoms with van der Waals surface area (Å²) < 4.78 is 0.109. The van der Waals surface area contributed by atoms with Gasteiger partial charge in [0.1, 0.15) is 6.21 Å². The number of hydrogen-bond donors (Lipinski definition) is 1. The molecule has 9 heteroatoms. The molecule has 6 rings (SSSR count). The molecule has 1 unspecified atom stereocenters. The Kier molecular flexibility index (Phi) is 4.70. The number of aliphatic imine (C=N–C) groups is 2. The van der Waals surface area contributed by atoms with Gasteiger partial charge in [-0.15, -0.1) is 0 Å². The topological polar surface area (TPSA) is 81.4 Å². The minimum atomic E-state index is 0.109. The summed E-state index contributed by atoms with van der Waals surface area (Å²) in [5.74, 6) is 1.26. The summed E-state index contributed by atoms with van der Waals surface area (Å²) in [4.78, 5) is 22.6. The maximum absolute atomic E-state index is 4.93. The van der Waals surface area contributed by atoms with E-state index >= 15 is 0 Å². The van der Waals surface area contributed by atoms with Crippen molar-refractivity contribution in [2.24, 2.45) is 15.1 Å². The van der Waals surface area contributed by atoms with Gasteiger partial charge in [0.2, 0.25) is 0 Å². The van der Waals surface area contributed by atoms with Crippen LogP contribution in [0.3, 0.4) is 0 Å². The third-order valence-corrected chi connectivity index (χ3v) is 6.22. The van der Waals surface area contributed by atoms with E-state index in [0.717, 1.165) is 54.4 Å². The van der Waals surface area contributed by atoms with E-state index in [1.54, 1.807) is 24.8 Å². The largest absolute Gasteiger partial charge is 0.369 e. The van der Waals surface area contributed by atoms with Crippen LogP contribution >= 0.6 is 0 Å². The molecular weight excluding hydrogens is 414 g/mol. The fraction of sp³-hybridized carbons (Fsp3) is 0.208. The van der Waals surface area contributed by atoms with Crippen molar-refractivity contribution < 1.29 is 0 Å². The highest BCUT2D eigenvalue weighted by Crippen LogP contribution is 2.32. The van der Waals surface area contributed by atoms with Crippen LogP contribution in [-0.4, -0.2) is 66.1 Å². The van der Waals surface area contributed by atoms with Crippen LogP contribution in [0, 0.1) is 0 Å². The molecule has 0 radical (unpaired) electrons. The fourth-order valence-corrected chi connectivity index (χ4v) is 4.32. The monoisotopic (exact) mass is 438 g/mol. The summed E-state index contributed by atoms with van der Waals surface area (Å²) in [5.41, 5.74) is 4.76. The molecule has 1 aromatic heterocycles. The summed E-state index contributed by atoms with van der Waals surface area (Å²) in [7, 11) is 2.17. The Bertz CT molecular complexity index is 1320. The van der Waals surface area contributed by atoms with E-state index in [1.807, 2.05) is 24.4 Å². The van der Waals surface area contributed by atoms with Crippen LogP contribution in [0.5, 0.6) is 0 Å². The molecular formula is C24H24N9+. The first-order valence-electron chi connectivity index (χ1n) is 11.0. The first-order chi connectivity index (χ1) is 16.2. The number of quaternary nitrogens is 1. The molecule has 164 valence electrons. The third kappa shape index (κ3) is 3.57. The van der Waals surface area contributed by atoms with Crippen LogP contribution < -0.4 is 14.8 Å². The van der Waals surface area contributed by atoms with Crippen molar-refractivity contribution in [2.75, 3.05) is 43.4 Å². The molecule has 3 aliphatic heterocycles. The zero-order valence-electron chi connectivity index (χ0n) is 18.3. The van der Waals surface area contributed by atoms with E-state index in [-0.39, 0.29) is 4.59 Å². The van der Waals surface area contributed by atoms with Crippen molar-refractivity contribution in [2.45, 2.75) is 0 Å². The van der Waals surface area contributed by atoms with Crippen LogP contribution in [0.1, 0.15) is 0 Å². The molecule has 33 heavy (non-hydrogen) atoms. The van der Waals surface area contributed by atoms with E-state index in [4.69, 9.17) is 10.1 Å². The van der Waals surface area contributed by atoms with Gasteiger partial charge in [0.15, 0.2) is 11.9 Å². The molecule has 3 aromatic rings. The van der Waals surface area contributed by atoms with Crippen LogP contribution in [0.25, 0.3) is 11.0 Å². The Hall–Kier alpha value is -3.95. The third-order valence-electron chi connectivity index (χ3n) is 6.22. The number of nitrogens with zero attached hydrogens (tertiary/aromatic N) is 8. The highest BCUT2D eigenvalue weighted by atomic mass is 15.7. The van der Waals surface area contributed by atoms with Gasteiger partial charge >= 0.3 is 0 Å². The second-order valence-corrected chi connectivity index (χ2v) is 8.35. The predicted molar refractivity (Wildman–Crippen MR) is 134 cm³/mol. The number of amidine groups is 1. The molecule has 0 saturated carbocycles. The van der Waals surface area contributed by atoms with Gasteiger partial charge in [-0.2, -0.15) is 4.99 Å². The van der Waals surface area contributed by atoms with Crippen molar-refractivity contribution in [1.82, 2.24) is 19.5 Å². The molecule has 0 spiro atoms. The number of hydrogen-bond acceptors (Lipinski definition) is 8. The maximum atomic E-state index is 4.93. The van der Waals surface area contributed by atoms with Crippen LogP contribution in [0.15, 0.2) is 82.3 Å². The second-order valence-electron chi connectivity index (χ2n) is 8.35. The Balaban J connectivity index is 1.27. The molecule has 9 nitrogen and oxygen atoms in total. The molecule has 1 N–H and O–H groups in total. The fourth-order valence-electron chi connectivity index (χ4n) is 4.32. The lowest BCUT2D eigenvalue weighted by Gasteiger charge is -2.34. The van der Waals surface area contributed by atoms with E-state index in [9.17, 15) is 0 Å². The maximum Gasteiger partial charge on any atom is 0.287 e. The SMILES string of the molecule is CN1CCN(c2ccc(NC3=N[N+]4(c5ccc6nccnc6c5)C=CN=CC4=N3)cc2)CC1. The predicted octanol–water partition coefficient (Wildman–Crippen LogP) is 3.04. The number of fused-ring (bicyclic) bond motifs is 2. The first kappa shape index (κ1) is 19.7. The Labute approximate surface area is 191 Å². The average molecular weight is 439 g/mol. The number of benzene rings is 2. The van der Waals surface area contributed by atoms with Gasteiger partial charge in [-0.05, 0) is 42.5 Å². The van der Waals surface area contributed by atoms with E-state index < -0.39 is 0 Å². The molecule has 3 aliphatic rings. The number of aromatic nitrogens is 2. The van der Waals surface area contributed by atoms with E-state index in [1.165, 1.54) is 5.69 Å². The number of nitrogens with one attached hydrogen (secondary N) is 1. The normalized spacial score (nSPS) is 22.3. The Morgan fingerprint density at radius 3 is 2.52 bits per heavy atom. The summed E-state index contributed by atoms with van der Waals surface area (Å²) >= 11 is 0. The number of piperazine rings is 1. The van der Waals surface area contributed by atoms with Gasteiger partial charge in [-0.3, -0.25) is 15.0 Å². The number of likely N-dealkylation sites (N-methyl/N-ethyl adjacent to an activating group) is 1. The van der Waals surface area contributed by atoms with Crippen LogP contribution in [-0.2, 0) is 0 Å². The van der Waals surface area contributed by atoms with Gasteiger partial charge < -0.3 is 15.1 Å². The summed E-state index contributed by atoms with van der Waals surface area (Å²) in [6, 6.07) is 14.4. The Morgan fingerprint density at radius 1 is 0.909 bits per heavy atom. The standard InChI is InChI=1S/C24H24N9/c1-31-11-13-32(14-12-31)19-4-2-18(3-5-19)28-24-29-23-17-25-10-15-33(23,30-24)20-6-7-21-22(16-20)27-9-8-26-21/h2-10,15-17H,11-14H2,1H3,(H,28,30)/q+1. The molecule has 2 aromatic carbocycles. The van der Waals surface area contributed by atoms with Crippen molar-refractivity contribution >= 4 is 46.1 Å². The zero-order valence-corrected chi connectivity index (χ0v) is 18.3. The molecule has 1 saturated heterocycles. The molecule has 0 amide bonds. The summed E-state index contributed by atoms with van der Waals surface area (Å²) in [5, 5.41) is 8.29. The zero-order chi connectivity index (χ0) is 22.3. The Morgan fingerprint density at radius 2 is 1.70 bits per heavy atom. The van der Waals surface area contributed by atoms with E-state index in [0.29, 0.717) is 5.96 Å². The van der Waals surface area contributed by atoms with E-state index in [2.05, 4.69) is 61.4 Å². The van der Waals surface area contributed by atoms with Crippen molar-refractivity contribution in [3.05, 3.63) is 67.3 Å². The molecule has 1 fully saturated rings. The number of guanidine groups is 1. The second kappa shape index (κ2) is 7.88. The lowest BCUT2D eigenvalue weighted by Crippen LogP contribution is -2.44. The van der Waals surface area contributed by atoms with Gasteiger partial charge in [0, 0.05) is 62.1 Å². The average Bonchev–Trinajstić information content (AvgIpc) is 3.24. The summed E-state index contributed by atoms with van der Waals surface area (Å²) in [6.45, 7) is 4.27. The quantitative estimate of drug-likeness (QED) is 0.636. The van der Waals surface area contributed by atoms with Gasteiger partial charge in [0.25, 0.3) is 11.8 Å². The number of anilines is 2. The van der Waals surface area contributed by atoms with Gasteiger partial charge in [-0.1, -0.05) is 4.59 Å². The van der Waals surface area contributed by atoms with Crippen molar-refractivity contribution in [3.8, 4) is 0 Å². The van der Waals surface area contributed by atoms with Crippen molar-refractivity contribution in [3.63, 3.8) is 0 Å². The number of rotatable bonds is 3. The lowest BCUT2D eigenvalue weighted by atomic mass is 10.2. The molecule has 0 bridgehead atoms. The molecule has 0 aliphatic carbocycles. The minimum absolute atomic E-state index is 0.109.